The van der Waals surface area contributed by atoms with E-state index in [4.69, 9.17) is 4.74 Å². The Morgan fingerprint density at radius 3 is 2.62 bits per heavy atom. The fourth-order valence-electron chi connectivity index (χ4n) is 1.22. The summed E-state index contributed by atoms with van der Waals surface area (Å²) in [5.41, 5.74) is 1.09. The molecule has 82 valence electrons. The van der Waals surface area contributed by atoms with Crippen LogP contribution < -0.4 is 4.74 Å². The van der Waals surface area contributed by atoms with Gasteiger partial charge >= 0.3 is 0 Å². The van der Waals surface area contributed by atoms with Crippen LogP contribution in [-0.4, -0.2) is 4.98 Å². The quantitative estimate of drug-likeness (QED) is 0.788. The number of aromatic nitrogens is 1. The molecule has 0 radical (unpaired) electrons. The predicted molar refractivity (Wildman–Crippen MR) is 70.9 cm³/mol. The molecule has 1 heterocycles. The third-order valence-electron chi connectivity index (χ3n) is 2.09. The van der Waals surface area contributed by atoms with Gasteiger partial charge in [-0.2, -0.15) is 0 Å². The van der Waals surface area contributed by atoms with Gasteiger partial charge in [-0.15, -0.1) is 0 Å². The van der Waals surface area contributed by atoms with E-state index >= 15 is 0 Å². The summed E-state index contributed by atoms with van der Waals surface area (Å²) in [6, 6.07) is 9.61. The van der Waals surface area contributed by atoms with Gasteiger partial charge in [-0.05, 0) is 62.5 Å². The lowest BCUT2D eigenvalue weighted by Gasteiger charge is -2.09. The van der Waals surface area contributed by atoms with Gasteiger partial charge in [0.1, 0.15) is 5.75 Å². The number of pyridine rings is 1. The zero-order chi connectivity index (χ0) is 11.5. The first-order chi connectivity index (χ1) is 7.68. The summed E-state index contributed by atoms with van der Waals surface area (Å²) in [4.78, 5) is 4.19. The van der Waals surface area contributed by atoms with E-state index in [1.165, 1.54) is 0 Å². The Morgan fingerprint density at radius 2 is 1.88 bits per heavy atom. The molecule has 0 saturated carbocycles. The largest absolute Gasteiger partial charge is 0.437 e. The average molecular weight is 343 g/mol. The van der Waals surface area contributed by atoms with Crippen molar-refractivity contribution >= 4 is 31.9 Å². The molecule has 0 fully saturated rings. The van der Waals surface area contributed by atoms with Gasteiger partial charge in [-0.1, -0.05) is 12.1 Å². The minimum Gasteiger partial charge on any atom is -0.437 e. The fourth-order valence-corrected chi connectivity index (χ4v) is 1.90. The van der Waals surface area contributed by atoms with Gasteiger partial charge < -0.3 is 4.74 Å². The fraction of sp³-hybridized carbons (Fsp3) is 0.0833. The predicted octanol–water partition coefficient (Wildman–Crippen LogP) is 4.71. The van der Waals surface area contributed by atoms with Gasteiger partial charge in [0.05, 0.1) is 8.95 Å². The van der Waals surface area contributed by atoms with Crippen molar-refractivity contribution in [2.45, 2.75) is 6.92 Å². The van der Waals surface area contributed by atoms with E-state index in [1.54, 1.807) is 6.20 Å². The highest BCUT2D eigenvalue weighted by molar-refractivity contribution is 9.11. The first-order valence-corrected chi connectivity index (χ1v) is 6.30. The molecule has 0 amide bonds. The van der Waals surface area contributed by atoms with Crippen molar-refractivity contribution in [3.63, 3.8) is 0 Å². The highest BCUT2D eigenvalue weighted by atomic mass is 79.9. The van der Waals surface area contributed by atoms with Crippen molar-refractivity contribution in [2.24, 2.45) is 0 Å². The lowest BCUT2D eigenvalue weighted by molar-refractivity contribution is 0.456. The summed E-state index contributed by atoms with van der Waals surface area (Å²) in [5, 5.41) is 0. The summed E-state index contributed by atoms with van der Waals surface area (Å²) in [5.74, 6) is 1.33. The highest BCUT2D eigenvalue weighted by Gasteiger charge is 2.08. The van der Waals surface area contributed by atoms with E-state index in [2.05, 4.69) is 36.8 Å². The number of hydrogen-bond donors (Lipinski definition) is 0. The Hall–Kier alpha value is -0.870. The molecule has 0 atom stereocenters. The van der Waals surface area contributed by atoms with Crippen molar-refractivity contribution in [3.8, 4) is 11.6 Å². The Kier molecular flexibility index (Phi) is 3.61. The second kappa shape index (κ2) is 4.97. The molecule has 0 bridgehead atoms. The Labute approximate surface area is 111 Å². The minimum absolute atomic E-state index is 0.576. The Bertz CT molecular complexity index is 514. The highest BCUT2D eigenvalue weighted by Crippen LogP contribution is 2.33. The first kappa shape index (κ1) is 11.6. The normalized spacial score (nSPS) is 10.2. The molecule has 2 rings (SSSR count). The van der Waals surface area contributed by atoms with Crippen LogP contribution in [0.1, 0.15) is 5.56 Å². The second-order valence-corrected chi connectivity index (χ2v) is 4.93. The molecule has 0 saturated heterocycles. The van der Waals surface area contributed by atoms with Gasteiger partial charge in [-0.3, -0.25) is 0 Å². The van der Waals surface area contributed by atoms with Crippen LogP contribution in [0.3, 0.4) is 0 Å². The summed E-state index contributed by atoms with van der Waals surface area (Å²) >= 11 is 6.89. The van der Waals surface area contributed by atoms with Crippen LogP contribution in [0.15, 0.2) is 45.5 Å². The van der Waals surface area contributed by atoms with Gasteiger partial charge in [0.2, 0.25) is 5.88 Å². The molecule has 4 heteroatoms. The van der Waals surface area contributed by atoms with Gasteiger partial charge in [-0.25, -0.2) is 4.98 Å². The molecule has 0 aliphatic heterocycles. The maximum Gasteiger partial charge on any atom is 0.233 e. The lowest BCUT2D eigenvalue weighted by atomic mass is 10.3. The number of hydrogen-bond acceptors (Lipinski definition) is 2. The van der Waals surface area contributed by atoms with E-state index in [1.807, 2.05) is 37.3 Å². The summed E-state index contributed by atoms with van der Waals surface area (Å²) in [7, 11) is 0. The molecule has 1 aromatic carbocycles. The van der Waals surface area contributed by atoms with E-state index in [0.29, 0.717) is 5.88 Å². The summed E-state index contributed by atoms with van der Waals surface area (Å²) < 4.78 is 7.50. The number of nitrogens with zero attached hydrogens (tertiary/aromatic N) is 1. The summed E-state index contributed by atoms with van der Waals surface area (Å²) in [6.07, 6.45) is 1.73. The van der Waals surface area contributed by atoms with Crippen molar-refractivity contribution in [1.29, 1.82) is 0 Å². The van der Waals surface area contributed by atoms with Crippen LogP contribution in [0.5, 0.6) is 11.6 Å². The van der Waals surface area contributed by atoms with Gasteiger partial charge in [0, 0.05) is 6.20 Å². The molecule has 0 aliphatic carbocycles. The zero-order valence-corrected chi connectivity index (χ0v) is 11.7. The molecule has 2 aromatic rings. The number of rotatable bonds is 2. The smallest absolute Gasteiger partial charge is 0.233 e. The van der Waals surface area contributed by atoms with E-state index < -0.39 is 0 Å². The molecule has 16 heavy (non-hydrogen) atoms. The molecule has 1 aromatic heterocycles. The maximum absolute atomic E-state index is 5.72. The van der Waals surface area contributed by atoms with Crippen LogP contribution in [-0.2, 0) is 0 Å². The third kappa shape index (κ3) is 2.44. The van der Waals surface area contributed by atoms with Crippen molar-refractivity contribution < 1.29 is 4.74 Å². The van der Waals surface area contributed by atoms with Crippen molar-refractivity contribution in [1.82, 2.24) is 4.98 Å². The monoisotopic (exact) mass is 341 g/mol. The Morgan fingerprint density at radius 1 is 1.12 bits per heavy atom. The average Bonchev–Trinajstić information content (AvgIpc) is 2.28. The molecule has 0 aliphatic rings. The standard InChI is InChI=1S/C12H9Br2NO/c1-8-6-7-15-12(11(8)14)16-10-5-3-2-4-9(10)13/h2-7H,1H3. The number of para-hydroxylation sites is 1. The molecule has 2 nitrogen and oxygen atoms in total. The van der Waals surface area contributed by atoms with E-state index in [9.17, 15) is 0 Å². The number of halogens is 2. The first-order valence-electron chi connectivity index (χ1n) is 4.72. The molecule has 0 unspecified atom stereocenters. The Balaban J connectivity index is 2.35. The third-order valence-corrected chi connectivity index (χ3v) is 3.71. The van der Waals surface area contributed by atoms with Crippen molar-refractivity contribution in [3.05, 3.63) is 51.0 Å². The lowest BCUT2D eigenvalue weighted by Crippen LogP contribution is -1.91. The van der Waals surface area contributed by atoms with Crippen LogP contribution in [0.4, 0.5) is 0 Å². The topological polar surface area (TPSA) is 22.1 Å². The van der Waals surface area contributed by atoms with Crippen molar-refractivity contribution in [2.75, 3.05) is 0 Å². The van der Waals surface area contributed by atoms with Gasteiger partial charge in [0.25, 0.3) is 0 Å². The molecular formula is C12H9Br2NO. The maximum atomic E-state index is 5.72. The van der Waals surface area contributed by atoms with Gasteiger partial charge in [0.15, 0.2) is 0 Å². The minimum atomic E-state index is 0.576. The second-order valence-electron chi connectivity index (χ2n) is 3.28. The molecular weight excluding hydrogens is 334 g/mol. The zero-order valence-electron chi connectivity index (χ0n) is 8.58. The molecule has 0 spiro atoms. The SMILES string of the molecule is Cc1ccnc(Oc2ccccc2Br)c1Br. The van der Waals surface area contributed by atoms with Crippen LogP contribution in [0.2, 0.25) is 0 Å². The summed E-state index contributed by atoms with van der Waals surface area (Å²) in [6.45, 7) is 2.00. The van der Waals surface area contributed by atoms with Crippen LogP contribution in [0, 0.1) is 6.92 Å². The number of aryl methyl sites for hydroxylation is 1. The molecule has 0 N–H and O–H groups in total. The number of ether oxygens (including phenoxy) is 1. The van der Waals surface area contributed by atoms with Crippen LogP contribution >= 0.6 is 31.9 Å². The van der Waals surface area contributed by atoms with Crippen LogP contribution in [0.25, 0.3) is 0 Å². The van der Waals surface area contributed by atoms with E-state index in [-0.39, 0.29) is 0 Å². The number of benzene rings is 1. The van der Waals surface area contributed by atoms with E-state index in [0.717, 1.165) is 20.3 Å².